The molecule has 112 valence electrons. The molecule has 1 aromatic rings. The van der Waals surface area contributed by atoms with Crippen LogP contribution in [-0.2, 0) is 21.1 Å². The SMILES string of the molecule is CCC(CC)CS(=O)(=O)C(Cc1ccccc1)C(=O)O. The third-order valence-corrected chi connectivity index (χ3v) is 5.77. The van der Waals surface area contributed by atoms with Gasteiger partial charge in [-0.05, 0) is 17.9 Å². The molecule has 1 aromatic carbocycles. The topological polar surface area (TPSA) is 71.4 Å². The Labute approximate surface area is 120 Å². The predicted molar refractivity (Wildman–Crippen MR) is 79.4 cm³/mol. The molecule has 0 saturated carbocycles. The van der Waals surface area contributed by atoms with E-state index in [1.54, 1.807) is 24.3 Å². The molecule has 1 unspecified atom stereocenters. The lowest BCUT2D eigenvalue weighted by Gasteiger charge is -2.18. The molecule has 0 aliphatic rings. The van der Waals surface area contributed by atoms with Crippen molar-refractivity contribution in [2.75, 3.05) is 5.75 Å². The van der Waals surface area contributed by atoms with Crippen molar-refractivity contribution in [2.45, 2.75) is 38.4 Å². The fourth-order valence-corrected chi connectivity index (χ4v) is 4.28. The van der Waals surface area contributed by atoms with Crippen LogP contribution in [0.2, 0.25) is 0 Å². The number of benzene rings is 1. The Morgan fingerprint density at radius 1 is 1.15 bits per heavy atom. The van der Waals surface area contributed by atoms with Crippen molar-refractivity contribution in [3.8, 4) is 0 Å². The standard InChI is InChI=1S/C15H22O4S/c1-3-12(4-2)11-20(18,19)14(15(16)17)10-13-8-6-5-7-9-13/h5-9,12,14H,3-4,10-11H2,1-2H3,(H,16,17). The average Bonchev–Trinajstić information content (AvgIpc) is 2.42. The first-order valence-corrected chi connectivity index (χ1v) is 8.60. The Hall–Kier alpha value is -1.36. The van der Waals surface area contributed by atoms with E-state index in [9.17, 15) is 18.3 Å². The number of aliphatic carboxylic acids is 1. The summed E-state index contributed by atoms with van der Waals surface area (Å²) >= 11 is 0. The summed E-state index contributed by atoms with van der Waals surface area (Å²) in [5.41, 5.74) is 0.730. The predicted octanol–water partition coefficient (Wildman–Crippen LogP) is 2.53. The van der Waals surface area contributed by atoms with E-state index in [-0.39, 0.29) is 18.1 Å². The molecular weight excluding hydrogens is 276 g/mol. The smallest absolute Gasteiger partial charge is 0.322 e. The molecule has 0 amide bonds. The van der Waals surface area contributed by atoms with Gasteiger partial charge in [-0.3, -0.25) is 4.79 Å². The fraction of sp³-hybridized carbons (Fsp3) is 0.533. The maximum absolute atomic E-state index is 12.3. The van der Waals surface area contributed by atoms with Crippen LogP contribution in [0.5, 0.6) is 0 Å². The zero-order valence-electron chi connectivity index (χ0n) is 12.0. The van der Waals surface area contributed by atoms with Crippen molar-refractivity contribution < 1.29 is 18.3 Å². The second-order valence-electron chi connectivity index (χ2n) is 5.03. The molecule has 0 bridgehead atoms. The van der Waals surface area contributed by atoms with E-state index in [2.05, 4.69) is 0 Å². The monoisotopic (exact) mass is 298 g/mol. The average molecular weight is 298 g/mol. The van der Waals surface area contributed by atoms with Crippen LogP contribution in [0.25, 0.3) is 0 Å². The van der Waals surface area contributed by atoms with Gasteiger partial charge in [0.15, 0.2) is 15.1 Å². The Kier molecular flexibility index (Phi) is 6.20. The lowest BCUT2D eigenvalue weighted by molar-refractivity contribution is -0.136. The summed E-state index contributed by atoms with van der Waals surface area (Å²) in [5.74, 6) is -1.29. The van der Waals surface area contributed by atoms with Crippen molar-refractivity contribution in [3.63, 3.8) is 0 Å². The Bertz CT molecular complexity index is 518. The number of hydrogen-bond acceptors (Lipinski definition) is 3. The highest BCUT2D eigenvalue weighted by atomic mass is 32.2. The van der Waals surface area contributed by atoms with E-state index in [1.807, 2.05) is 19.9 Å². The highest BCUT2D eigenvalue weighted by Gasteiger charge is 2.33. The van der Waals surface area contributed by atoms with Gasteiger partial charge in [0, 0.05) is 0 Å². The van der Waals surface area contributed by atoms with E-state index in [0.717, 1.165) is 18.4 Å². The molecule has 0 heterocycles. The zero-order valence-corrected chi connectivity index (χ0v) is 12.8. The van der Waals surface area contributed by atoms with Gasteiger partial charge in [-0.2, -0.15) is 0 Å². The summed E-state index contributed by atoms with van der Waals surface area (Å²) in [6.07, 6.45) is 1.51. The maximum Gasteiger partial charge on any atom is 0.322 e. The lowest BCUT2D eigenvalue weighted by Crippen LogP contribution is -2.36. The minimum Gasteiger partial charge on any atom is -0.480 e. The van der Waals surface area contributed by atoms with Crippen molar-refractivity contribution in [1.29, 1.82) is 0 Å². The summed E-state index contributed by atoms with van der Waals surface area (Å²) < 4.78 is 24.6. The molecule has 1 rings (SSSR count). The molecule has 4 nitrogen and oxygen atoms in total. The van der Waals surface area contributed by atoms with Crippen LogP contribution in [0.15, 0.2) is 30.3 Å². The Balaban J connectivity index is 2.93. The third kappa shape index (κ3) is 4.63. The summed E-state index contributed by atoms with van der Waals surface area (Å²) in [6, 6.07) is 8.88. The number of carboxylic acids is 1. The van der Waals surface area contributed by atoms with Gasteiger partial charge in [-0.1, -0.05) is 57.0 Å². The molecule has 5 heteroatoms. The highest BCUT2D eigenvalue weighted by Crippen LogP contribution is 2.18. The summed E-state index contributed by atoms with van der Waals surface area (Å²) in [7, 11) is -3.64. The minimum absolute atomic E-state index is 0.0256. The fourth-order valence-electron chi connectivity index (χ4n) is 2.17. The van der Waals surface area contributed by atoms with E-state index >= 15 is 0 Å². The molecule has 0 fully saturated rings. The van der Waals surface area contributed by atoms with Gasteiger partial charge in [-0.15, -0.1) is 0 Å². The number of carbonyl (C=O) groups is 1. The number of hydrogen-bond donors (Lipinski definition) is 1. The normalized spacial score (nSPS) is 13.3. The zero-order chi connectivity index (χ0) is 15.2. The second kappa shape index (κ2) is 7.43. The van der Waals surface area contributed by atoms with E-state index in [0.29, 0.717) is 0 Å². The Morgan fingerprint density at radius 2 is 1.70 bits per heavy atom. The van der Waals surface area contributed by atoms with Gasteiger partial charge in [0.2, 0.25) is 0 Å². The number of sulfone groups is 1. The van der Waals surface area contributed by atoms with Crippen LogP contribution in [-0.4, -0.2) is 30.5 Å². The van der Waals surface area contributed by atoms with Gasteiger partial charge >= 0.3 is 5.97 Å². The van der Waals surface area contributed by atoms with Crippen molar-refractivity contribution in [3.05, 3.63) is 35.9 Å². The molecule has 0 aliphatic heterocycles. The van der Waals surface area contributed by atoms with Crippen LogP contribution in [0.4, 0.5) is 0 Å². The lowest BCUT2D eigenvalue weighted by atomic mass is 10.1. The van der Waals surface area contributed by atoms with Crippen molar-refractivity contribution >= 4 is 15.8 Å². The first-order valence-electron chi connectivity index (χ1n) is 6.89. The minimum atomic E-state index is -3.64. The molecule has 0 saturated heterocycles. The van der Waals surface area contributed by atoms with Gasteiger partial charge in [0.05, 0.1) is 5.75 Å². The molecule has 0 aliphatic carbocycles. The van der Waals surface area contributed by atoms with Gasteiger partial charge in [0.1, 0.15) is 0 Å². The van der Waals surface area contributed by atoms with Gasteiger partial charge in [0.25, 0.3) is 0 Å². The Morgan fingerprint density at radius 3 is 2.15 bits per heavy atom. The largest absolute Gasteiger partial charge is 0.480 e. The highest BCUT2D eigenvalue weighted by molar-refractivity contribution is 7.92. The molecule has 1 N–H and O–H groups in total. The van der Waals surface area contributed by atoms with Gasteiger partial charge < -0.3 is 5.11 Å². The second-order valence-corrected chi connectivity index (χ2v) is 7.26. The van der Waals surface area contributed by atoms with Crippen molar-refractivity contribution in [1.82, 2.24) is 0 Å². The van der Waals surface area contributed by atoms with E-state index in [4.69, 9.17) is 0 Å². The molecule has 0 spiro atoms. The molecule has 1 atom stereocenters. The quantitative estimate of drug-likeness (QED) is 0.800. The molecule has 20 heavy (non-hydrogen) atoms. The van der Waals surface area contributed by atoms with Crippen LogP contribution in [0, 0.1) is 5.92 Å². The number of carboxylic acid groups (broad SMARTS) is 1. The maximum atomic E-state index is 12.3. The van der Waals surface area contributed by atoms with Crippen LogP contribution in [0.3, 0.4) is 0 Å². The van der Waals surface area contributed by atoms with Crippen molar-refractivity contribution in [2.24, 2.45) is 5.92 Å². The number of rotatable bonds is 8. The molecule has 0 aromatic heterocycles. The van der Waals surface area contributed by atoms with E-state index in [1.165, 1.54) is 0 Å². The first kappa shape index (κ1) is 16.7. The summed E-state index contributed by atoms with van der Waals surface area (Å²) in [5, 5.41) is 7.89. The van der Waals surface area contributed by atoms with Crippen LogP contribution < -0.4 is 0 Å². The van der Waals surface area contributed by atoms with Crippen LogP contribution in [0.1, 0.15) is 32.3 Å². The van der Waals surface area contributed by atoms with E-state index < -0.39 is 21.1 Å². The van der Waals surface area contributed by atoms with Gasteiger partial charge in [-0.25, -0.2) is 8.42 Å². The molecular formula is C15H22O4S. The summed E-state index contributed by atoms with van der Waals surface area (Å²) in [6.45, 7) is 3.85. The third-order valence-electron chi connectivity index (χ3n) is 3.60. The molecule has 0 radical (unpaired) electrons. The summed E-state index contributed by atoms with van der Waals surface area (Å²) in [4.78, 5) is 11.3. The first-order chi connectivity index (χ1) is 9.40. The van der Waals surface area contributed by atoms with Crippen LogP contribution >= 0.6 is 0 Å².